The normalized spacial score (nSPS) is 24.2. The van der Waals surface area contributed by atoms with Gasteiger partial charge in [-0.05, 0) is 18.6 Å². The third-order valence-corrected chi connectivity index (χ3v) is 7.02. The number of nitrogens with two attached hydrogens (primary N) is 1. The number of nitrogens with one attached hydrogen (secondary N) is 1. The van der Waals surface area contributed by atoms with E-state index in [2.05, 4.69) is 15.3 Å². The molecule has 178 valence electrons. The Hall–Kier alpha value is -2.87. The molecule has 0 unspecified atom stereocenters. The van der Waals surface area contributed by atoms with Gasteiger partial charge in [-0.15, -0.1) is 0 Å². The van der Waals surface area contributed by atoms with Gasteiger partial charge in [0, 0.05) is 42.7 Å². The predicted octanol–water partition coefficient (Wildman–Crippen LogP) is 2.88. The lowest BCUT2D eigenvalue weighted by Crippen LogP contribution is -2.36. The summed E-state index contributed by atoms with van der Waals surface area (Å²) in [6.45, 7) is 1.36. The molecule has 1 aliphatic carbocycles. The number of primary sulfonamides is 1. The molecule has 8 nitrogen and oxygen atoms in total. The third-order valence-electron chi connectivity index (χ3n) is 6.21. The van der Waals surface area contributed by atoms with Crippen molar-refractivity contribution in [2.75, 3.05) is 23.3 Å². The molecule has 1 saturated carbocycles. The molecule has 0 aromatic carbocycles. The summed E-state index contributed by atoms with van der Waals surface area (Å²) >= 11 is 0. The van der Waals surface area contributed by atoms with Gasteiger partial charge < -0.3 is 10.2 Å². The van der Waals surface area contributed by atoms with Crippen LogP contribution in [0.4, 0.5) is 33.5 Å². The SMILES string of the molecule is C[C@]12CCN(c3ncc(C(F)(F)F)cc3C(=O)Nc3ccnc(S(N)(=O)=O)c3)C[C@H]1C2(F)F. The highest BCUT2D eigenvalue weighted by atomic mass is 32.2. The molecule has 0 bridgehead atoms. The number of piperidine rings is 1. The smallest absolute Gasteiger partial charge is 0.355 e. The van der Waals surface area contributed by atoms with Gasteiger partial charge in [-0.3, -0.25) is 4.79 Å². The van der Waals surface area contributed by atoms with E-state index in [0.717, 1.165) is 12.3 Å². The molecular weight excluding hydrogens is 473 g/mol. The largest absolute Gasteiger partial charge is 0.417 e. The van der Waals surface area contributed by atoms with E-state index < -0.39 is 55.5 Å². The van der Waals surface area contributed by atoms with Crippen molar-refractivity contribution < 1.29 is 35.2 Å². The average molecular weight is 491 g/mol. The van der Waals surface area contributed by atoms with Crippen LogP contribution >= 0.6 is 0 Å². The van der Waals surface area contributed by atoms with Crippen LogP contribution in [0, 0.1) is 11.3 Å². The lowest BCUT2D eigenvalue weighted by molar-refractivity contribution is -0.137. The summed E-state index contributed by atoms with van der Waals surface area (Å²) in [5.41, 5.74) is -2.97. The monoisotopic (exact) mass is 491 g/mol. The van der Waals surface area contributed by atoms with Gasteiger partial charge in [0.05, 0.1) is 17.0 Å². The molecule has 2 fully saturated rings. The first-order valence-corrected chi connectivity index (χ1v) is 11.2. The van der Waals surface area contributed by atoms with Crippen molar-refractivity contribution in [3.8, 4) is 0 Å². The molecule has 2 atom stereocenters. The second kappa shape index (κ2) is 7.32. The number of alkyl halides is 5. The van der Waals surface area contributed by atoms with E-state index in [1.54, 1.807) is 0 Å². The molecule has 14 heteroatoms. The summed E-state index contributed by atoms with van der Waals surface area (Å²) in [5.74, 6) is -5.12. The minimum atomic E-state index is -4.80. The van der Waals surface area contributed by atoms with Crippen LogP contribution in [0.25, 0.3) is 0 Å². The highest BCUT2D eigenvalue weighted by Crippen LogP contribution is 2.69. The highest BCUT2D eigenvalue weighted by molar-refractivity contribution is 7.89. The molecule has 2 aromatic rings. The Morgan fingerprint density at radius 2 is 1.97 bits per heavy atom. The fraction of sp³-hybridized carbons (Fsp3) is 0.421. The number of hydrogen-bond donors (Lipinski definition) is 2. The number of nitrogens with zero attached hydrogens (tertiary/aromatic N) is 3. The number of carbonyl (C=O) groups is 1. The Bertz CT molecular complexity index is 1240. The van der Waals surface area contributed by atoms with Crippen LogP contribution in [-0.2, 0) is 16.2 Å². The fourth-order valence-electron chi connectivity index (χ4n) is 4.08. The van der Waals surface area contributed by atoms with E-state index in [9.17, 15) is 35.2 Å². The Kier molecular flexibility index (Phi) is 5.16. The number of amides is 1. The van der Waals surface area contributed by atoms with E-state index in [1.165, 1.54) is 17.9 Å². The molecule has 1 aliphatic heterocycles. The molecule has 1 saturated heterocycles. The number of aromatic nitrogens is 2. The molecule has 0 spiro atoms. The topological polar surface area (TPSA) is 118 Å². The summed E-state index contributed by atoms with van der Waals surface area (Å²) in [5, 5.41) is 6.73. The van der Waals surface area contributed by atoms with Crippen molar-refractivity contribution in [2.24, 2.45) is 16.5 Å². The standard InChI is InChI=1S/C19H18F5N5O3S/c1-17-3-5-29(9-13(17)18(17,20)21)15-12(6-10(8-27-15)19(22,23)24)16(30)28-11-2-4-26-14(7-11)33(25,31)32/h2,4,6-8,13H,3,5,9H2,1H3,(H2,25,31,32)(H,26,28,30)/t13-,17+/m1/s1. The van der Waals surface area contributed by atoms with Crippen LogP contribution in [0.5, 0.6) is 0 Å². The van der Waals surface area contributed by atoms with Gasteiger partial charge in [0.2, 0.25) is 0 Å². The first-order chi connectivity index (χ1) is 15.1. The van der Waals surface area contributed by atoms with Gasteiger partial charge >= 0.3 is 6.18 Å². The molecule has 2 aromatic heterocycles. The van der Waals surface area contributed by atoms with Gasteiger partial charge in [-0.1, -0.05) is 6.92 Å². The first-order valence-electron chi connectivity index (χ1n) is 9.65. The Labute approximate surface area is 185 Å². The Morgan fingerprint density at radius 3 is 2.58 bits per heavy atom. The molecule has 0 radical (unpaired) electrons. The maximum absolute atomic E-state index is 14.1. The Morgan fingerprint density at radius 1 is 1.27 bits per heavy atom. The van der Waals surface area contributed by atoms with Crippen LogP contribution in [0.2, 0.25) is 0 Å². The summed E-state index contributed by atoms with van der Waals surface area (Å²) in [4.78, 5) is 21.6. The van der Waals surface area contributed by atoms with Crippen molar-refractivity contribution in [2.45, 2.75) is 30.5 Å². The number of anilines is 2. The second-order valence-electron chi connectivity index (χ2n) is 8.26. The maximum atomic E-state index is 14.1. The van der Waals surface area contributed by atoms with Crippen LogP contribution in [-0.4, -0.2) is 43.3 Å². The maximum Gasteiger partial charge on any atom is 0.417 e. The first kappa shape index (κ1) is 23.3. The lowest BCUT2D eigenvalue weighted by Gasteiger charge is -2.31. The number of halogens is 5. The zero-order valence-corrected chi connectivity index (χ0v) is 17.8. The zero-order chi connectivity index (χ0) is 24.4. The van der Waals surface area contributed by atoms with E-state index >= 15 is 0 Å². The van der Waals surface area contributed by atoms with Gasteiger partial charge in [0.15, 0.2) is 5.03 Å². The molecule has 33 heavy (non-hydrogen) atoms. The number of hydrogen-bond acceptors (Lipinski definition) is 6. The number of pyridine rings is 2. The van der Waals surface area contributed by atoms with Crippen LogP contribution in [0.3, 0.4) is 0 Å². The van der Waals surface area contributed by atoms with Crippen molar-refractivity contribution in [1.29, 1.82) is 0 Å². The molecule has 2 aliphatic rings. The van der Waals surface area contributed by atoms with Crippen LogP contribution in [0.1, 0.15) is 29.3 Å². The number of carbonyl (C=O) groups excluding carboxylic acids is 1. The predicted molar refractivity (Wildman–Crippen MR) is 106 cm³/mol. The van der Waals surface area contributed by atoms with Crippen molar-refractivity contribution in [1.82, 2.24) is 9.97 Å². The average Bonchev–Trinajstić information content (AvgIpc) is 3.17. The van der Waals surface area contributed by atoms with Gasteiger partial charge in [0.25, 0.3) is 21.9 Å². The molecular formula is C19H18F5N5O3S. The van der Waals surface area contributed by atoms with E-state index in [1.807, 2.05) is 0 Å². The van der Waals surface area contributed by atoms with Crippen LogP contribution in [0.15, 0.2) is 35.6 Å². The quantitative estimate of drug-likeness (QED) is 0.635. The number of sulfonamides is 1. The summed E-state index contributed by atoms with van der Waals surface area (Å²) in [6, 6.07) is 2.73. The van der Waals surface area contributed by atoms with Crippen molar-refractivity contribution >= 4 is 27.4 Å². The number of rotatable bonds is 4. The second-order valence-corrected chi connectivity index (χ2v) is 9.77. The zero-order valence-electron chi connectivity index (χ0n) is 17.0. The third kappa shape index (κ3) is 4.01. The van der Waals surface area contributed by atoms with Gasteiger partial charge in [-0.2, -0.15) is 13.2 Å². The van der Waals surface area contributed by atoms with Crippen LogP contribution < -0.4 is 15.4 Å². The molecule has 3 N–H and O–H groups in total. The van der Waals surface area contributed by atoms with Gasteiger partial charge in [0.1, 0.15) is 5.82 Å². The minimum Gasteiger partial charge on any atom is -0.355 e. The van der Waals surface area contributed by atoms with E-state index in [4.69, 9.17) is 5.14 Å². The molecule has 1 amide bonds. The molecule has 3 heterocycles. The summed E-state index contributed by atoms with van der Waals surface area (Å²) < 4.78 is 91.0. The minimum absolute atomic E-state index is 0.0755. The van der Waals surface area contributed by atoms with E-state index in [0.29, 0.717) is 12.3 Å². The fourth-order valence-corrected chi connectivity index (χ4v) is 4.57. The van der Waals surface area contributed by atoms with Gasteiger partial charge in [-0.25, -0.2) is 32.3 Å². The highest BCUT2D eigenvalue weighted by Gasteiger charge is 2.78. The number of fused-ring (bicyclic) bond motifs is 1. The van der Waals surface area contributed by atoms with Crippen molar-refractivity contribution in [3.05, 3.63) is 41.7 Å². The van der Waals surface area contributed by atoms with E-state index in [-0.39, 0.29) is 31.0 Å². The molecule has 4 rings (SSSR count). The lowest BCUT2D eigenvalue weighted by atomic mass is 9.97. The summed E-state index contributed by atoms with van der Waals surface area (Å²) in [6.07, 6.45) is -3.14. The Balaban J connectivity index is 1.68. The summed E-state index contributed by atoms with van der Waals surface area (Å²) in [7, 11) is -4.20. The van der Waals surface area contributed by atoms with Crippen molar-refractivity contribution in [3.63, 3.8) is 0 Å².